The van der Waals surface area contributed by atoms with Gasteiger partial charge in [-0.2, -0.15) is 5.10 Å². The summed E-state index contributed by atoms with van der Waals surface area (Å²) >= 11 is 0. The molecule has 0 amide bonds. The number of nitrogens with zero attached hydrogens (tertiary/aromatic N) is 3. The van der Waals surface area contributed by atoms with Gasteiger partial charge < -0.3 is 0 Å². The topological polar surface area (TPSA) is 30.2 Å². The zero-order valence-electron chi connectivity index (χ0n) is 8.57. The van der Waals surface area contributed by atoms with Crippen LogP contribution < -0.4 is 0 Å². The maximum Gasteiger partial charge on any atom is 0.0847 e. The SMILES string of the molecule is CC.Cc1cn2nc(C)cc2cn1. The molecule has 0 fully saturated rings. The van der Waals surface area contributed by atoms with Crippen molar-refractivity contribution in [2.75, 3.05) is 0 Å². The predicted octanol–water partition coefficient (Wildman–Crippen LogP) is 2.37. The highest BCUT2D eigenvalue weighted by atomic mass is 15.2. The fraction of sp³-hybridized carbons (Fsp3) is 0.400. The maximum absolute atomic E-state index is 4.25. The Morgan fingerprint density at radius 2 is 1.85 bits per heavy atom. The van der Waals surface area contributed by atoms with Crippen LogP contribution in [-0.2, 0) is 0 Å². The van der Waals surface area contributed by atoms with E-state index in [-0.39, 0.29) is 0 Å². The van der Waals surface area contributed by atoms with Gasteiger partial charge in [0.1, 0.15) is 0 Å². The lowest BCUT2D eigenvalue weighted by atomic mass is 10.4. The summed E-state index contributed by atoms with van der Waals surface area (Å²) in [5, 5.41) is 4.25. The van der Waals surface area contributed by atoms with Crippen LogP contribution in [0, 0.1) is 13.8 Å². The van der Waals surface area contributed by atoms with E-state index in [0.29, 0.717) is 0 Å². The normalized spacial score (nSPS) is 9.54. The summed E-state index contributed by atoms with van der Waals surface area (Å²) in [6, 6.07) is 2.01. The molecular formula is C10H15N3. The number of hydrogen-bond donors (Lipinski definition) is 0. The van der Waals surface area contributed by atoms with Gasteiger partial charge in [-0.05, 0) is 19.9 Å². The molecule has 0 aliphatic carbocycles. The van der Waals surface area contributed by atoms with E-state index in [4.69, 9.17) is 0 Å². The van der Waals surface area contributed by atoms with Gasteiger partial charge in [0.2, 0.25) is 0 Å². The molecule has 70 valence electrons. The molecule has 3 nitrogen and oxygen atoms in total. The van der Waals surface area contributed by atoms with E-state index in [1.165, 1.54) is 0 Å². The highest BCUT2D eigenvalue weighted by Crippen LogP contribution is 2.03. The molecule has 0 atom stereocenters. The Morgan fingerprint density at radius 1 is 1.15 bits per heavy atom. The summed E-state index contributed by atoms with van der Waals surface area (Å²) in [5.41, 5.74) is 3.06. The standard InChI is InChI=1S/C8H9N3.C2H6/c1-6-3-8-4-9-7(2)5-11(8)10-6;1-2/h3-5H,1-2H3;1-2H3. The van der Waals surface area contributed by atoms with Gasteiger partial charge >= 0.3 is 0 Å². The van der Waals surface area contributed by atoms with Crippen LogP contribution in [0.15, 0.2) is 18.5 Å². The van der Waals surface area contributed by atoms with Crippen LogP contribution in [0.1, 0.15) is 25.2 Å². The summed E-state index contributed by atoms with van der Waals surface area (Å²) in [7, 11) is 0. The van der Waals surface area contributed by atoms with Crippen LogP contribution in [-0.4, -0.2) is 14.6 Å². The number of rotatable bonds is 0. The first kappa shape index (κ1) is 9.71. The van der Waals surface area contributed by atoms with Crippen LogP contribution in [0.2, 0.25) is 0 Å². The lowest BCUT2D eigenvalue weighted by molar-refractivity contribution is 0.908. The van der Waals surface area contributed by atoms with E-state index in [1.54, 1.807) is 0 Å². The Balaban J connectivity index is 0.000000396. The molecule has 0 N–H and O–H groups in total. The molecule has 0 aliphatic heterocycles. The van der Waals surface area contributed by atoms with Gasteiger partial charge in [-0.1, -0.05) is 13.8 Å². The van der Waals surface area contributed by atoms with Crippen LogP contribution in [0.25, 0.3) is 5.52 Å². The first-order valence-electron chi connectivity index (χ1n) is 4.54. The Hall–Kier alpha value is -1.38. The second kappa shape index (κ2) is 4.03. The second-order valence-electron chi connectivity index (χ2n) is 2.68. The third-order valence-corrected chi connectivity index (χ3v) is 1.60. The average molecular weight is 177 g/mol. The van der Waals surface area contributed by atoms with Crippen molar-refractivity contribution in [1.82, 2.24) is 14.6 Å². The third-order valence-electron chi connectivity index (χ3n) is 1.60. The molecule has 0 radical (unpaired) electrons. The first-order valence-corrected chi connectivity index (χ1v) is 4.54. The van der Waals surface area contributed by atoms with Crippen LogP contribution in [0.3, 0.4) is 0 Å². The smallest absolute Gasteiger partial charge is 0.0847 e. The van der Waals surface area contributed by atoms with Crippen molar-refractivity contribution in [2.45, 2.75) is 27.7 Å². The van der Waals surface area contributed by atoms with Gasteiger partial charge in [0.25, 0.3) is 0 Å². The highest BCUT2D eigenvalue weighted by molar-refractivity contribution is 5.44. The molecule has 0 aromatic carbocycles. The monoisotopic (exact) mass is 177 g/mol. The summed E-state index contributed by atoms with van der Waals surface area (Å²) in [6.45, 7) is 7.93. The number of hydrogen-bond acceptors (Lipinski definition) is 2. The largest absolute Gasteiger partial charge is 0.258 e. The van der Waals surface area contributed by atoms with Crippen molar-refractivity contribution in [2.24, 2.45) is 0 Å². The molecule has 2 rings (SSSR count). The number of fused-ring (bicyclic) bond motifs is 1. The molecular weight excluding hydrogens is 162 g/mol. The molecule has 2 aromatic heterocycles. The summed E-state index contributed by atoms with van der Waals surface area (Å²) in [4.78, 5) is 4.16. The molecule has 13 heavy (non-hydrogen) atoms. The minimum Gasteiger partial charge on any atom is -0.258 e. The van der Waals surface area contributed by atoms with Crippen molar-refractivity contribution < 1.29 is 0 Å². The lowest BCUT2D eigenvalue weighted by Gasteiger charge is -1.92. The van der Waals surface area contributed by atoms with Crippen LogP contribution in [0.5, 0.6) is 0 Å². The van der Waals surface area contributed by atoms with Gasteiger partial charge in [-0.25, -0.2) is 4.52 Å². The van der Waals surface area contributed by atoms with Crippen molar-refractivity contribution >= 4 is 5.52 Å². The zero-order chi connectivity index (χ0) is 9.84. The van der Waals surface area contributed by atoms with E-state index >= 15 is 0 Å². The highest BCUT2D eigenvalue weighted by Gasteiger charge is 1.95. The van der Waals surface area contributed by atoms with Crippen LogP contribution in [0.4, 0.5) is 0 Å². The minimum atomic E-state index is 0.987. The maximum atomic E-state index is 4.25. The summed E-state index contributed by atoms with van der Waals surface area (Å²) in [5.74, 6) is 0. The molecule has 2 heterocycles. The predicted molar refractivity (Wildman–Crippen MR) is 53.8 cm³/mol. The minimum absolute atomic E-state index is 0.987. The fourth-order valence-corrected chi connectivity index (χ4v) is 1.11. The first-order chi connectivity index (χ1) is 6.25. The van der Waals surface area contributed by atoms with Gasteiger partial charge in [0.15, 0.2) is 0 Å². The Morgan fingerprint density at radius 3 is 2.54 bits per heavy atom. The van der Waals surface area contributed by atoms with E-state index in [9.17, 15) is 0 Å². The Labute approximate surface area is 78.4 Å². The number of aromatic nitrogens is 3. The number of aryl methyl sites for hydroxylation is 2. The molecule has 0 aliphatic rings. The molecule has 0 unspecified atom stereocenters. The lowest BCUT2D eigenvalue weighted by Crippen LogP contribution is -1.90. The van der Waals surface area contributed by atoms with Crippen molar-refractivity contribution in [1.29, 1.82) is 0 Å². The van der Waals surface area contributed by atoms with Crippen molar-refractivity contribution in [3.63, 3.8) is 0 Å². The van der Waals surface area contributed by atoms with Gasteiger partial charge in [-0.15, -0.1) is 0 Å². The summed E-state index contributed by atoms with van der Waals surface area (Å²) in [6.07, 6.45) is 3.75. The molecule has 0 saturated carbocycles. The molecule has 0 spiro atoms. The van der Waals surface area contributed by atoms with Crippen molar-refractivity contribution in [3.05, 3.63) is 29.8 Å². The van der Waals surface area contributed by atoms with Crippen LogP contribution >= 0.6 is 0 Å². The molecule has 0 bridgehead atoms. The Bertz CT molecular complexity index is 390. The third kappa shape index (κ3) is 2.05. The quantitative estimate of drug-likeness (QED) is 0.618. The molecule has 3 heteroatoms. The van der Waals surface area contributed by atoms with Gasteiger partial charge in [0, 0.05) is 0 Å². The van der Waals surface area contributed by atoms with Gasteiger partial charge in [-0.3, -0.25) is 4.98 Å². The van der Waals surface area contributed by atoms with Crippen molar-refractivity contribution in [3.8, 4) is 0 Å². The zero-order valence-corrected chi connectivity index (χ0v) is 8.57. The molecule has 0 saturated heterocycles. The fourth-order valence-electron chi connectivity index (χ4n) is 1.11. The van der Waals surface area contributed by atoms with E-state index in [2.05, 4.69) is 10.1 Å². The average Bonchev–Trinajstić information content (AvgIpc) is 2.48. The van der Waals surface area contributed by atoms with E-state index in [0.717, 1.165) is 16.9 Å². The Kier molecular flexibility index (Phi) is 3.01. The van der Waals surface area contributed by atoms with E-state index < -0.39 is 0 Å². The second-order valence-corrected chi connectivity index (χ2v) is 2.68. The van der Waals surface area contributed by atoms with E-state index in [1.807, 2.05) is 50.7 Å². The molecule has 2 aromatic rings. The summed E-state index contributed by atoms with van der Waals surface area (Å²) < 4.78 is 1.84. The van der Waals surface area contributed by atoms with Gasteiger partial charge in [0.05, 0.1) is 29.3 Å².